The van der Waals surface area contributed by atoms with E-state index in [0.717, 1.165) is 22.6 Å². The zero-order chi connectivity index (χ0) is 20.9. The van der Waals surface area contributed by atoms with Gasteiger partial charge in [-0.25, -0.2) is 0 Å². The van der Waals surface area contributed by atoms with Crippen molar-refractivity contribution in [2.75, 3.05) is 0 Å². The Hall–Kier alpha value is 0.560. The Kier molecular flexibility index (Phi) is 8.88. The molecule has 0 spiro atoms. The van der Waals surface area contributed by atoms with Gasteiger partial charge in [-0.2, -0.15) is 0 Å². The Labute approximate surface area is 199 Å². The molecule has 4 saturated carbocycles. The summed E-state index contributed by atoms with van der Waals surface area (Å²) in [5.74, 6) is 0. The van der Waals surface area contributed by atoms with Gasteiger partial charge in [0.15, 0.2) is 0 Å². The topological polar surface area (TPSA) is 0 Å². The van der Waals surface area contributed by atoms with Gasteiger partial charge in [0.1, 0.15) is 0 Å². The molecule has 0 saturated heterocycles. The molecule has 31 heavy (non-hydrogen) atoms. The van der Waals surface area contributed by atoms with Gasteiger partial charge >= 0.3 is 0 Å². The van der Waals surface area contributed by atoms with Crippen molar-refractivity contribution >= 4 is 37.1 Å². The van der Waals surface area contributed by atoms with Gasteiger partial charge in [-0.1, -0.05) is 92.9 Å². The molecule has 0 nitrogen and oxygen atoms in total. The molecule has 1 aromatic heterocycles. The molecular weight excluding hydrogens is 430 g/mol. The smallest absolute Gasteiger partial charge is 0.0360 e. The monoisotopic (exact) mass is 476 g/mol. The van der Waals surface area contributed by atoms with Gasteiger partial charge in [-0.05, 0) is 90.8 Å². The molecule has 5 rings (SSSR count). The summed E-state index contributed by atoms with van der Waals surface area (Å²) in [6.07, 6.45) is 30.7. The Morgan fingerprint density at radius 3 is 1.23 bits per heavy atom. The quantitative estimate of drug-likeness (QED) is 0.359. The van der Waals surface area contributed by atoms with E-state index in [-0.39, 0.29) is 15.8 Å². The van der Waals surface area contributed by atoms with Crippen LogP contribution in [-0.4, -0.2) is 22.6 Å². The van der Waals surface area contributed by atoms with Gasteiger partial charge in [0.2, 0.25) is 0 Å². The third-order valence-electron chi connectivity index (χ3n) is 9.01. The Morgan fingerprint density at radius 1 is 0.484 bits per heavy atom. The summed E-state index contributed by atoms with van der Waals surface area (Å²) in [6, 6.07) is 2.70. The van der Waals surface area contributed by atoms with Crippen molar-refractivity contribution in [1.29, 1.82) is 0 Å². The highest BCUT2D eigenvalue weighted by atomic mass is 32.1. The van der Waals surface area contributed by atoms with Crippen LogP contribution in [0.4, 0.5) is 0 Å². The summed E-state index contributed by atoms with van der Waals surface area (Å²) in [6.45, 7) is 0. The molecule has 0 radical (unpaired) electrons. The predicted octanol–water partition coefficient (Wildman–Crippen LogP) is 9.29. The van der Waals surface area contributed by atoms with Gasteiger partial charge < -0.3 is 0 Å². The maximum absolute atomic E-state index is 2.70. The maximum atomic E-state index is 2.70. The first-order valence-electron chi connectivity index (χ1n) is 14.1. The molecule has 3 heteroatoms. The van der Waals surface area contributed by atoms with E-state index in [1.165, 1.54) is 77.0 Å². The van der Waals surface area contributed by atoms with E-state index in [9.17, 15) is 0 Å². The van der Waals surface area contributed by atoms with Crippen molar-refractivity contribution in [3.63, 3.8) is 0 Å². The summed E-state index contributed by atoms with van der Waals surface area (Å²) < 4.78 is 2.01. The molecule has 1 heterocycles. The van der Waals surface area contributed by atoms with Crippen LogP contribution in [0.3, 0.4) is 0 Å². The normalized spacial score (nSPS) is 26.1. The molecule has 0 amide bonds. The maximum Gasteiger partial charge on any atom is 0.0360 e. The molecular formula is C28H46P2S. The summed E-state index contributed by atoms with van der Waals surface area (Å²) in [5.41, 5.74) is 4.27. The van der Waals surface area contributed by atoms with E-state index in [0.29, 0.717) is 0 Å². The summed E-state index contributed by atoms with van der Waals surface area (Å²) in [7, 11) is 0.161. The lowest BCUT2D eigenvalue weighted by atomic mass is 9.99. The minimum absolute atomic E-state index is 0.0762. The highest BCUT2D eigenvalue weighted by Gasteiger charge is 2.39. The van der Waals surface area contributed by atoms with Gasteiger partial charge in [-0.3, -0.25) is 0 Å². The van der Waals surface area contributed by atoms with Crippen LogP contribution in [0.1, 0.15) is 128 Å². The number of thiophene rings is 1. The number of hydrogen-bond acceptors (Lipinski definition) is 1. The highest BCUT2D eigenvalue weighted by Crippen LogP contribution is 2.60. The number of rotatable bonds is 6. The largest absolute Gasteiger partial charge is 0.143 e. The summed E-state index contributed by atoms with van der Waals surface area (Å²) in [5, 5.41) is 4.55. The fourth-order valence-electron chi connectivity index (χ4n) is 7.44. The van der Waals surface area contributed by atoms with Crippen molar-refractivity contribution in [2.24, 2.45) is 0 Å². The lowest BCUT2D eigenvalue weighted by Crippen LogP contribution is -2.34. The minimum atomic E-state index is 0.0762. The van der Waals surface area contributed by atoms with Gasteiger partial charge in [0.05, 0.1) is 0 Å². The number of hydrogen-bond donors (Lipinski definition) is 0. The van der Waals surface area contributed by atoms with Crippen LogP contribution in [-0.2, 0) is 0 Å². The van der Waals surface area contributed by atoms with Crippen LogP contribution in [0.25, 0.3) is 0 Å². The van der Waals surface area contributed by atoms with Crippen molar-refractivity contribution < 1.29 is 0 Å². The Bertz CT molecular complexity index is 555. The Balaban J connectivity index is 1.48. The average Bonchev–Trinajstić information content (AvgIpc) is 3.31. The first-order chi connectivity index (χ1) is 15.4. The van der Waals surface area contributed by atoms with Crippen LogP contribution in [0.2, 0.25) is 0 Å². The van der Waals surface area contributed by atoms with Gasteiger partial charge in [0.25, 0.3) is 0 Å². The van der Waals surface area contributed by atoms with E-state index in [2.05, 4.69) is 22.8 Å². The fourth-order valence-corrected chi connectivity index (χ4v) is 17.9. The van der Waals surface area contributed by atoms with Gasteiger partial charge in [-0.15, -0.1) is 11.3 Å². The van der Waals surface area contributed by atoms with Crippen LogP contribution in [0, 0.1) is 0 Å². The summed E-state index contributed by atoms with van der Waals surface area (Å²) >= 11 is 2.25. The zero-order valence-corrected chi connectivity index (χ0v) is 22.5. The molecule has 1 aromatic rings. The Morgan fingerprint density at radius 2 is 0.839 bits per heavy atom. The van der Waals surface area contributed by atoms with Crippen LogP contribution >= 0.6 is 27.2 Å². The highest BCUT2D eigenvalue weighted by molar-refractivity contribution is 7.77. The van der Waals surface area contributed by atoms with Crippen molar-refractivity contribution in [3.05, 3.63) is 11.4 Å². The van der Waals surface area contributed by atoms with E-state index in [4.69, 9.17) is 0 Å². The molecule has 0 unspecified atom stereocenters. The molecule has 4 aliphatic rings. The van der Waals surface area contributed by atoms with Crippen LogP contribution < -0.4 is 9.92 Å². The predicted molar refractivity (Wildman–Crippen MR) is 145 cm³/mol. The van der Waals surface area contributed by atoms with Gasteiger partial charge in [0, 0.05) is 4.62 Å². The van der Waals surface area contributed by atoms with Crippen molar-refractivity contribution in [1.82, 2.24) is 0 Å². The van der Waals surface area contributed by atoms with Crippen molar-refractivity contribution in [3.8, 4) is 0 Å². The van der Waals surface area contributed by atoms with Crippen molar-refractivity contribution in [2.45, 2.75) is 151 Å². The molecule has 0 aromatic carbocycles. The van der Waals surface area contributed by atoms with E-state index in [1.54, 1.807) is 51.4 Å². The SMILES string of the molecule is c1cc(P(C2CCCCC2)C2CCCCC2)c(P(C2CCCCC2)C2CCCCC2)s1. The third kappa shape index (κ3) is 5.63. The standard InChI is InChI=1S/C28H46P2S/c1-5-13-23(14-6-1)29(24-15-7-2-8-16-24)27-21-22-31-28(27)30(25-17-9-3-10-18-25)26-19-11-4-12-20-26/h21-26H,1-20H2. The second kappa shape index (κ2) is 11.8. The molecule has 4 fully saturated rings. The first-order valence-corrected chi connectivity index (χ1v) is 17.9. The zero-order valence-electron chi connectivity index (χ0n) is 19.9. The van der Waals surface area contributed by atoms with E-state index >= 15 is 0 Å². The molecule has 0 aliphatic heterocycles. The summed E-state index contributed by atoms with van der Waals surface area (Å²) in [4.78, 5) is 0. The van der Waals surface area contributed by atoms with E-state index < -0.39 is 0 Å². The molecule has 0 bridgehead atoms. The second-order valence-electron chi connectivity index (χ2n) is 11.1. The molecule has 4 aliphatic carbocycles. The minimum Gasteiger partial charge on any atom is -0.143 e. The average molecular weight is 477 g/mol. The van der Waals surface area contributed by atoms with Crippen LogP contribution in [0.5, 0.6) is 0 Å². The van der Waals surface area contributed by atoms with E-state index in [1.807, 2.05) is 9.92 Å². The fraction of sp³-hybridized carbons (Fsp3) is 0.857. The molecule has 0 atom stereocenters. The molecule has 0 N–H and O–H groups in total. The lowest BCUT2D eigenvalue weighted by molar-refractivity contribution is 0.486. The third-order valence-corrected chi connectivity index (χ3v) is 17.9. The molecule has 174 valence electrons. The first kappa shape index (κ1) is 23.3. The van der Waals surface area contributed by atoms with Crippen LogP contribution in [0.15, 0.2) is 11.4 Å². The second-order valence-corrected chi connectivity index (χ2v) is 17.8. The lowest BCUT2D eigenvalue weighted by Gasteiger charge is -2.42.